The van der Waals surface area contributed by atoms with Crippen molar-refractivity contribution in [2.75, 3.05) is 0 Å². The van der Waals surface area contributed by atoms with E-state index in [1.54, 1.807) is 0 Å². The number of hydrogen-bond donors (Lipinski definition) is 0. The maximum absolute atomic E-state index is 2.19. The average molecular weight is 259 g/mol. The SMILES string of the molecule is Cn1cc(-c2cc[n+](C)cc2)c2ccccc21.[Cl-]. The van der Waals surface area contributed by atoms with Crippen LogP contribution in [0.15, 0.2) is 55.0 Å². The molecule has 18 heavy (non-hydrogen) atoms. The highest BCUT2D eigenvalue weighted by molar-refractivity contribution is 5.95. The second kappa shape index (κ2) is 4.83. The summed E-state index contributed by atoms with van der Waals surface area (Å²) in [6.45, 7) is 0. The molecule has 0 spiro atoms. The minimum absolute atomic E-state index is 0. The molecule has 0 aliphatic rings. The van der Waals surface area contributed by atoms with Gasteiger partial charge in [0, 0.05) is 41.8 Å². The lowest BCUT2D eigenvalue weighted by Gasteiger charge is -1.97. The van der Waals surface area contributed by atoms with Gasteiger partial charge in [-0.2, -0.15) is 0 Å². The molecule has 2 nitrogen and oxygen atoms in total. The van der Waals surface area contributed by atoms with Crippen molar-refractivity contribution >= 4 is 10.9 Å². The quantitative estimate of drug-likeness (QED) is 0.529. The molecule has 0 atom stereocenters. The Balaban J connectivity index is 0.00000120. The number of nitrogens with zero attached hydrogens (tertiary/aromatic N) is 2. The summed E-state index contributed by atoms with van der Waals surface area (Å²) in [7, 11) is 4.13. The fraction of sp³-hybridized carbons (Fsp3) is 0.133. The van der Waals surface area contributed by atoms with Crippen LogP contribution in [0.25, 0.3) is 22.0 Å². The Bertz CT molecular complexity index is 669. The number of halogens is 1. The molecule has 0 saturated carbocycles. The van der Waals surface area contributed by atoms with Crippen LogP contribution in [0.3, 0.4) is 0 Å². The maximum Gasteiger partial charge on any atom is 0.169 e. The first-order valence-corrected chi connectivity index (χ1v) is 5.75. The van der Waals surface area contributed by atoms with Crippen molar-refractivity contribution in [3.05, 3.63) is 55.0 Å². The van der Waals surface area contributed by atoms with Crippen LogP contribution in [0.1, 0.15) is 0 Å². The van der Waals surface area contributed by atoms with E-state index >= 15 is 0 Å². The molecule has 0 bridgehead atoms. The summed E-state index contributed by atoms with van der Waals surface area (Å²) < 4.78 is 4.23. The topological polar surface area (TPSA) is 8.81 Å². The average Bonchev–Trinajstić information content (AvgIpc) is 2.69. The van der Waals surface area contributed by atoms with Crippen LogP contribution in [-0.2, 0) is 14.1 Å². The van der Waals surface area contributed by atoms with E-state index in [2.05, 4.69) is 71.2 Å². The number of aromatic nitrogens is 2. The van der Waals surface area contributed by atoms with Gasteiger partial charge in [-0.25, -0.2) is 4.57 Å². The first-order chi connectivity index (χ1) is 8.25. The lowest BCUT2D eigenvalue weighted by Crippen LogP contribution is -3.00. The van der Waals surface area contributed by atoms with E-state index < -0.39 is 0 Å². The van der Waals surface area contributed by atoms with E-state index in [1.807, 2.05) is 7.05 Å². The number of fused-ring (bicyclic) bond motifs is 1. The normalized spacial score (nSPS) is 10.3. The molecule has 0 unspecified atom stereocenters. The molecule has 0 aliphatic heterocycles. The van der Waals surface area contributed by atoms with Crippen LogP contribution in [-0.4, -0.2) is 4.57 Å². The van der Waals surface area contributed by atoms with Gasteiger partial charge in [0.2, 0.25) is 0 Å². The van der Waals surface area contributed by atoms with Gasteiger partial charge in [-0.15, -0.1) is 0 Å². The minimum Gasteiger partial charge on any atom is -1.00 e. The van der Waals surface area contributed by atoms with E-state index in [0.717, 1.165) is 0 Å². The van der Waals surface area contributed by atoms with Crippen molar-refractivity contribution in [3.63, 3.8) is 0 Å². The fourth-order valence-electron chi connectivity index (χ4n) is 2.25. The standard InChI is InChI=1S/C15H15N2.ClH/c1-16-9-7-12(8-10-16)14-11-17(2)15-6-4-3-5-13(14)15;/h3-11H,1-2H3;1H/q+1;/p-1. The zero-order chi connectivity index (χ0) is 11.8. The summed E-state index contributed by atoms with van der Waals surface area (Å²) in [5, 5.41) is 1.31. The molecule has 3 rings (SSSR count). The second-order valence-electron chi connectivity index (χ2n) is 4.42. The van der Waals surface area contributed by atoms with Gasteiger partial charge in [0.25, 0.3) is 0 Å². The van der Waals surface area contributed by atoms with E-state index in [0.29, 0.717) is 0 Å². The fourth-order valence-corrected chi connectivity index (χ4v) is 2.25. The van der Waals surface area contributed by atoms with Crippen molar-refractivity contribution in [1.29, 1.82) is 0 Å². The number of pyridine rings is 1. The van der Waals surface area contributed by atoms with E-state index in [4.69, 9.17) is 0 Å². The highest BCUT2D eigenvalue weighted by Gasteiger charge is 2.08. The van der Waals surface area contributed by atoms with Gasteiger partial charge >= 0.3 is 0 Å². The Hall–Kier alpha value is -1.80. The molecule has 3 aromatic rings. The van der Waals surface area contributed by atoms with Crippen molar-refractivity contribution in [3.8, 4) is 11.1 Å². The molecule has 0 fully saturated rings. The lowest BCUT2D eigenvalue weighted by molar-refractivity contribution is -0.671. The third kappa shape index (κ3) is 2.00. The van der Waals surface area contributed by atoms with Crippen molar-refractivity contribution in [2.24, 2.45) is 14.1 Å². The summed E-state index contributed by atoms with van der Waals surface area (Å²) in [4.78, 5) is 0. The van der Waals surface area contributed by atoms with Crippen LogP contribution in [0.5, 0.6) is 0 Å². The van der Waals surface area contributed by atoms with Crippen molar-refractivity contribution in [1.82, 2.24) is 4.57 Å². The Kier molecular flexibility index (Phi) is 3.39. The zero-order valence-corrected chi connectivity index (χ0v) is 11.2. The van der Waals surface area contributed by atoms with Gasteiger partial charge in [-0.3, -0.25) is 0 Å². The Morgan fingerprint density at radius 3 is 2.39 bits per heavy atom. The molecular weight excluding hydrogens is 244 g/mol. The van der Waals surface area contributed by atoms with Gasteiger partial charge in [0.1, 0.15) is 7.05 Å². The van der Waals surface area contributed by atoms with Gasteiger partial charge in [0.15, 0.2) is 12.4 Å². The second-order valence-corrected chi connectivity index (χ2v) is 4.42. The van der Waals surface area contributed by atoms with Gasteiger partial charge < -0.3 is 17.0 Å². The molecule has 0 amide bonds. The largest absolute Gasteiger partial charge is 1.00 e. The van der Waals surface area contributed by atoms with Gasteiger partial charge in [0.05, 0.1) is 0 Å². The highest BCUT2D eigenvalue weighted by Crippen LogP contribution is 2.29. The number of para-hydroxylation sites is 1. The number of rotatable bonds is 1. The molecule has 0 aliphatic carbocycles. The Labute approximate surface area is 113 Å². The Morgan fingerprint density at radius 2 is 1.67 bits per heavy atom. The van der Waals surface area contributed by atoms with Crippen LogP contribution < -0.4 is 17.0 Å². The predicted octanol–water partition coefficient (Wildman–Crippen LogP) is -0.326. The third-order valence-electron chi connectivity index (χ3n) is 3.19. The van der Waals surface area contributed by atoms with Crippen LogP contribution in [0, 0.1) is 0 Å². The summed E-state index contributed by atoms with van der Waals surface area (Å²) >= 11 is 0. The predicted molar refractivity (Wildman–Crippen MR) is 69.5 cm³/mol. The van der Waals surface area contributed by atoms with E-state index in [-0.39, 0.29) is 12.4 Å². The minimum atomic E-state index is 0. The maximum atomic E-state index is 2.19. The summed E-state index contributed by atoms with van der Waals surface area (Å²) in [5.41, 5.74) is 3.83. The molecular formula is C15H15ClN2. The van der Waals surface area contributed by atoms with E-state index in [1.165, 1.54) is 22.0 Å². The van der Waals surface area contributed by atoms with Crippen LogP contribution in [0.4, 0.5) is 0 Å². The first kappa shape index (κ1) is 12.7. The third-order valence-corrected chi connectivity index (χ3v) is 3.19. The highest BCUT2D eigenvalue weighted by atomic mass is 35.5. The summed E-state index contributed by atoms with van der Waals surface area (Å²) in [6, 6.07) is 12.8. The monoisotopic (exact) mass is 258 g/mol. The number of aryl methyl sites for hydroxylation is 2. The molecule has 0 saturated heterocycles. The lowest BCUT2D eigenvalue weighted by atomic mass is 10.1. The molecule has 92 valence electrons. The molecule has 3 heteroatoms. The van der Waals surface area contributed by atoms with Gasteiger partial charge in [-0.05, 0) is 11.6 Å². The summed E-state index contributed by atoms with van der Waals surface area (Å²) in [5.74, 6) is 0. The van der Waals surface area contributed by atoms with Crippen LogP contribution in [0.2, 0.25) is 0 Å². The van der Waals surface area contributed by atoms with Crippen molar-refractivity contribution in [2.45, 2.75) is 0 Å². The van der Waals surface area contributed by atoms with Crippen molar-refractivity contribution < 1.29 is 17.0 Å². The number of benzene rings is 1. The molecule has 2 aromatic heterocycles. The first-order valence-electron chi connectivity index (χ1n) is 5.75. The van der Waals surface area contributed by atoms with Crippen LogP contribution >= 0.6 is 0 Å². The van der Waals surface area contributed by atoms with E-state index in [9.17, 15) is 0 Å². The molecule has 2 heterocycles. The zero-order valence-electron chi connectivity index (χ0n) is 10.5. The number of hydrogen-bond acceptors (Lipinski definition) is 0. The molecule has 1 aromatic carbocycles. The summed E-state index contributed by atoms with van der Waals surface area (Å²) in [6.07, 6.45) is 6.36. The molecule has 0 N–H and O–H groups in total. The molecule has 0 radical (unpaired) electrons. The Morgan fingerprint density at radius 1 is 1.00 bits per heavy atom. The smallest absolute Gasteiger partial charge is 0.169 e. The van der Waals surface area contributed by atoms with Gasteiger partial charge in [-0.1, -0.05) is 18.2 Å².